The van der Waals surface area contributed by atoms with Crippen LogP contribution in [0.3, 0.4) is 0 Å². The Morgan fingerprint density at radius 3 is 2.19 bits per heavy atom. The van der Waals surface area contributed by atoms with E-state index in [-0.39, 0.29) is 5.92 Å². The third kappa shape index (κ3) is 1.87. The van der Waals surface area contributed by atoms with E-state index in [1.165, 1.54) is 6.42 Å². The summed E-state index contributed by atoms with van der Waals surface area (Å²) in [6.45, 7) is 2.18. The summed E-state index contributed by atoms with van der Waals surface area (Å²) in [6.07, 6.45) is 1.98. The monoisotopic (exact) mass is 285 g/mol. The summed E-state index contributed by atoms with van der Waals surface area (Å²) in [6, 6.07) is 6.49. The van der Waals surface area contributed by atoms with Gasteiger partial charge in [0.2, 0.25) is 0 Å². The summed E-state index contributed by atoms with van der Waals surface area (Å²) in [5, 5.41) is 0.610. The van der Waals surface area contributed by atoms with Gasteiger partial charge in [-0.2, -0.15) is 0 Å². The van der Waals surface area contributed by atoms with Crippen LogP contribution in [0.15, 0.2) is 24.3 Å². The van der Waals surface area contributed by atoms with Crippen molar-refractivity contribution in [1.29, 1.82) is 0 Å². The molecule has 0 aromatic heterocycles. The van der Waals surface area contributed by atoms with Crippen molar-refractivity contribution in [3.8, 4) is 0 Å². The number of hydrogen-bond acceptors (Lipinski definition) is 4. The molecular formula is C16H15NO4. The fourth-order valence-electron chi connectivity index (χ4n) is 3.31. The second-order valence-corrected chi connectivity index (χ2v) is 6.24. The van der Waals surface area contributed by atoms with Gasteiger partial charge in [-0.25, -0.2) is 4.79 Å². The topological polar surface area (TPSA) is 63.7 Å². The lowest BCUT2D eigenvalue weighted by molar-refractivity contribution is -0.170. The third-order valence-electron chi connectivity index (χ3n) is 4.80. The van der Waals surface area contributed by atoms with Gasteiger partial charge in [-0.1, -0.05) is 24.1 Å². The Morgan fingerprint density at radius 2 is 1.67 bits per heavy atom. The van der Waals surface area contributed by atoms with Crippen molar-refractivity contribution in [1.82, 2.24) is 5.06 Å². The lowest BCUT2D eigenvalue weighted by Gasteiger charge is -2.12. The predicted molar refractivity (Wildman–Crippen MR) is 71.9 cm³/mol. The van der Waals surface area contributed by atoms with Gasteiger partial charge in [0.25, 0.3) is 11.8 Å². The minimum atomic E-state index is -0.555. The molecule has 4 rings (SSSR count). The van der Waals surface area contributed by atoms with Crippen LogP contribution in [0.5, 0.6) is 0 Å². The highest BCUT2D eigenvalue weighted by Gasteiger charge is 2.56. The fourth-order valence-corrected chi connectivity index (χ4v) is 3.31. The van der Waals surface area contributed by atoms with Crippen molar-refractivity contribution in [3.05, 3.63) is 35.4 Å². The Labute approximate surface area is 121 Å². The van der Waals surface area contributed by atoms with Gasteiger partial charge in [-0.15, -0.1) is 0 Å². The Morgan fingerprint density at radius 1 is 1.10 bits per heavy atom. The highest BCUT2D eigenvalue weighted by molar-refractivity contribution is 6.20. The first-order valence-electron chi connectivity index (χ1n) is 7.27. The van der Waals surface area contributed by atoms with Crippen molar-refractivity contribution in [2.75, 3.05) is 0 Å². The average Bonchev–Trinajstić information content (AvgIpc) is 3.37. The largest absolute Gasteiger partial charge is 0.336 e. The summed E-state index contributed by atoms with van der Waals surface area (Å²) in [5.74, 6) is -0.0285. The minimum Gasteiger partial charge on any atom is -0.329 e. The van der Waals surface area contributed by atoms with Gasteiger partial charge in [0.1, 0.15) is 0 Å². The van der Waals surface area contributed by atoms with Crippen molar-refractivity contribution in [2.24, 2.45) is 23.7 Å². The maximum absolute atomic E-state index is 12.1. The van der Waals surface area contributed by atoms with Crippen LogP contribution < -0.4 is 0 Å². The van der Waals surface area contributed by atoms with E-state index in [0.717, 1.165) is 6.42 Å². The van der Waals surface area contributed by atoms with Crippen molar-refractivity contribution < 1.29 is 19.2 Å². The number of hydroxylamine groups is 2. The molecule has 4 unspecified atom stereocenters. The Hall–Kier alpha value is -2.17. The van der Waals surface area contributed by atoms with E-state index in [4.69, 9.17) is 4.84 Å². The van der Waals surface area contributed by atoms with E-state index >= 15 is 0 Å². The summed E-state index contributed by atoms with van der Waals surface area (Å²) in [4.78, 5) is 41.4. The SMILES string of the molecule is CC1CC1C1CC1C(=O)ON1C(=O)c2ccccc2C1=O. The molecular weight excluding hydrogens is 270 g/mol. The molecule has 1 heterocycles. The number of benzene rings is 1. The van der Waals surface area contributed by atoms with Crippen molar-refractivity contribution >= 4 is 17.8 Å². The highest BCUT2D eigenvalue weighted by Crippen LogP contribution is 2.58. The van der Waals surface area contributed by atoms with Crippen LogP contribution in [0.1, 0.15) is 40.5 Å². The first-order valence-corrected chi connectivity index (χ1v) is 7.27. The zero-order valence-electron chi connectivity index (χ0n) is 11.6. The number of carbonyl (C=O) groups is 3. The van der Waals surface area contributed by atoms with Crippen LogP contribution in [0.25, 0.3) is 0 Å². The molecule has 0 spiro atoms. The van der Waals surface area contributed by atoms with Crippen molar-refractivity contribution in [2.45, 2.75) is 19.8 Å². The molecule has 0 saturated heterocycles. The molecule has 5 nitrogen and oxygen atoms in total. The van der Waals surface area contributed by atoms with E-state index < -0.39 is 17.8 Å². The molecule has 1 aliphatic heterocycles. The number of hydrogen-bond donors (Lipinski definition) is 0. The highest BCUT2D eigenvalue weighted by atomic mass is 16.7. The number of imide groups is 1. The maximum Gasteiger partial charge on any atom is 0.336 e. The first-order chi connectivity index (χ1) is 10.1. The van der Waals surface area contributed by atoms with Crippen LogP contribution in [-0.2, 0) is 9.63 Å². The van der Waals surface area contributed by atoms with Crippen molar-refractivity contribution in [3.63, 3.8) is 0 Å². The fraction of sp³-hybridized carbons (Fsp3) is 0.438. The maximum atomic E-state index is 12.1. The lowest BCUT2D eigenvalue weighted by atomic mass is 10.1. The number of amides is 2. The van der Waals surface area contributed by atoms with Crippen LogP contribution in [-0.4, -0.2) is 22.8 Å². The van der Waals surface area contributed by atoms with Crippen LogP contribution in [0, 0.1) is 23.7 Å². The van der Waals surface area contributed by atoms with Gasteiger partial charge in [0.15, 0.2) is 0 Å². The zero-order valence-corrected chi connectivity index (χ0v) is 11.6. The molecule has 4 atom stereocenters. The molecule has 2 aliphatic carbocycles. The number of fused-ring (bicyclic) bond motifs is 1. The van der Waals surface area contributed by atoms with Crippen LogP contribution >= 0.6 is 0 Å². The molecule has 2 fully saturated rings. The summed E-state index contributed by atoms with van der Waals surface area (Å²) in [7, 11) is 0. The molecule has 108 valence electrons. The van der Waals surface area contributed by atoms with E-state index in [1.54, 1.807) is 24.3 Å². The van der Waals surface area contributed by atoms with E-state index in [2.05, 4.69) is 6.92 Å². The van der Waals surface area contributed by atoms with E-state index in [9.17, 15) is 14.4 Å². The summed E-state index contributed by atoms with van der Waals surface area (Å²) in [5.41, 5.74) is 0.580. The van der Waals surface area contributed by atoms with Gasteiger partial charge >= 0.3 is 5.97 Å². The molecule has 1 aromatic carbocycles. The molecule has 1 aromatic rings. The van der Waals surface area contributed by atoms with Gasteiger partial charge in [-0.3, -0.25) is 9.59 Å². The molecule has 2 amide bonds. The molecule has 21 heavy (non-hydrogen) atoms. The minimum absolute atomic E-state index is 0.149. The zero-order chi connectivity index (χ0) is 14.7. The lowest BCUT2D eigenvalue weighted by Crippen LogP contribution is -2.33. The van der Waals surface area contributed by atoms with Gasteiger partial charge in [0, 0.05) is 0 Å². The van der Waals surface area contributed by atoms with Crippen LogP contribution in [0.4, 0.5) is 0 Å². The number of rotatable bonds is 3. The molecule has 0 radical (unpaired) electrons. The summed E-state index contributed by atoms with van der Waals surface area (Å²) >= 11 is 0. The standard InChI is InChI=1S/C16H15NO4/c1-8-6-11(8)12-7-13(12)16(20)21-17-14(18)9-4-2-3-5-10(9)15(17)19/h2-5,8,11-13H,6-7H2,1H3. The second-order valence-electron chi connectivity index (χ2n) is 6.24. The van der Waals surface area contributed by atoms with Crippen LogP contribution in [0.2, 0.25) is 0 Å². The van der Waals surface area contributed by atoms with Gasteiger partial charge in [0.05, 0.1) is 17.0 Å². The summed E-state index contributed by atoms with van der Waals surface area (Å²) < 4.78 is 0. The van der Waals surface area contributed by atoms with Gasteiger partial charge < -0.3 is 4.84 Å². The first kappa shape index (κ1) is 12.6. The molecule has 0 N–H and O–H groups in total. The second kappa shape index (κ2) is 4.16. The molecule has 2 saturated carbocycles. The molecule has 0 bridgehead atoms. The quantitative estimate of drug-likeness (QED) is 0.797. The Balaban J connectivity index is 1.46. The smallest absolute Gasteiger partial charge is 0.329 e. The number of nitrogens with zero attached hydrogens (tertiary/aromatic N) is 1. The predicted octanol–water partition coefficient (Wildman–Crippen LogP) is 2.03. The molecule has 3 aliphatic rings. The normalized spacial score (nSPS) is 32.9. The van der Waals surface area contributed by atoms with Gasteiger partial charge in [-0.05, 0) is 42.7 Å². The van der Waals surface area contributed by atoms with E-state index in [1.807, 2.05) is 0 Å². The molecule has 5 heteroatoms. The van der Waals surface area contributed by atoms with E-state index in [0.29, 0.717) is 33.9 Å². The Bertz CT molecular complexity index is 633. The number of carbonyl (C=O) groups excluding carboxylic acids is 3. The third-order valence-corrected chi connectivity index (χ3v) is 4.80. The average molecular weight is 285 g/mol. The Kier molecular flexibility index (Phi) is 2.49.